The van der Waals surface area contributed by atoms with Crippen molar-refractivity contribution in [1.29, 1.82) is 0 Å². The molecule has 1 unspecified atom stereocenters. The van der Waals surface area contributed by atoms with Crippen molar-refractivity contribution in [2.45, 2.75) is 69.8 Å². The first-order valence-corrected chi connectivity index (χ1v) is 11.1. The van der Waals surface area contributed by atoms with Gasteiger partial charge in [0.2, 0.25) is 0 Å². The molecule has 0 amide bonds. The number of aromatic nitrogens is 2. The highest BCUT2D eigenvalue weighted by molar-refractivity contribution is 5.84. The normalized spacial score (nSPS) is 24.3. The van der Waals surface area contributed by atoms with Crippen molar-refractivity contribution in [2.75, 3.05) is 13.6 Å². The molecule has 2 aromatic rings. The third-order valence-electron chi connectivity index (χ3n) is 6.88. The van der Waals surface area contributed by atoms with Crippen molar-refractivity contribution in [3.8, 4) is 5.69 Å². The van der Waals surface area contributed by atoms with Gasteiger partial charge in [0.15, 0.2) is 5.69 Å². The van der Waals surface area contributed by atoms with Gasteiger partial charge in [-0.15, -0.1) is 0 Å². The third kappa shape index (κ3) is 3.91. The lowest BCUT2D eigenvalue weighted by Crippen LogP contribution is -2.45. The minimum absolute atomic E-state index is 0.0597. The molecule has 5 nitrogen and oxygen atoms in total. The second-order valence-electron chi connectivity index (χ2n) is 9.16. The second kappa shape index (κ2) is 7.74. The van der Waals surface area contributed by atoms with Crippen molar-refractivity contribution < 1.29 is 18.0 Å². The van der Waals surface area contributed by atoms with Gasteiger partial charge < -0.3 is 10.2 Å². The molecule has 5 rings (SSSR count). The molecule has 0 saturated heterocycles. The number of carbonyl (C=O) groups is 1. The lowest BCUT2D eigenvalue weighted by molar-refractivity contribution is -0.142. The fraction of sp³-hybridized carbons (Fsp3) is 0.565. The maximum atomic E-state index is 13.6. The summed E-state index contributed by atoms with van der Waals surface area (Å²) in [6.45, 7) is 1.04. The molecular weight excluding hydrogens is 405 g/mol. The number of nitrogens with zero attached hydrogens (tertiary/aromatic N) is 3. The van der Waals surface area contributed by atoms with Crippen LogP contribution in [-0.4, -0.2) is 46.1 Å². The summed E-state index contributed by atoms with van der Waals surface area (Å²) >= 11 is 0. The molecule has 0 spiro atoms. The van der Waals surface area contributed by atoms with E-state index in [2.05, 4.69) is 10.4 Å². The highest BCUT2D eigenvalue weighted by Gasteiger charge is 2.40. The van der Waals surface area contributed by atoms with Crippen LogP contribution in [-0.2, 0) is 36.8 Å². The van der Waals surface area contributed by atoms with Crippen molar-refractivity contribution in [3.63, 3.8) is 0 Å². The molecule has 1 saturated carbocycles. The predicted molar refractivity (Wildman–Crippen MR) is 110 cm³/mol. The fourth-order valence-corrected chi connectivity index (χ4v) is 5.29. The number of carbonyl (C=O) groups excluding carboxylic acids is 1. The zero-order valence-electron chi connectivity index (χ0n) is 17.6. The SMILES string of the molecule is CN1CCc2c(C(F)(F)F)nn(-c3ccc4c(c3)C[C@H](NC3CCCCC3=O)C4)c2C1. The topological polar surface area (TPSA) is 50.2 Å². The van der Waals surface area contributed by atoms with Gasteiger partial charge in [0.1, 0.15) is 5.78 Å². The van der Waals surface area contributed by atoms with E-state index in [0.29, 0.717) is 48.7 Å². The van der Waals surface area contributed by atoms with Crippen LogP contribution in [0.5, 0.6) is 0 Å². The number of halogens is 3. The number of benzene rings is 1. The molecule has 8 heteroatoms. The Hall–Kier alpha value is -2.19. The first kappa shape index (κ1) is 20.7. The van der Waals surface area contributed by atoms with Crippen LogP contribution >= 0.6 is 0 Å². The van der Waals surface area contributed by atoms with E-state index in [4.69, 9.17) is 0 Å². The Labute approximate surface area is 179 Å². The zero-order chi connectivity index (χ0) is 21.8. The summed E-state index contributed by atoms with van der Waals surface area (Å²) in [5.74, 6) is 0.301. The Kier molecular flexibility index (Phi) is 5.17. The maximum absolute atomic E-state index is 13.6. The molecule has 1 aromatic carbocycles. The van der Waals surface area contributed by atoms with Gasteiger partial charge in [0.05, 0.1) is 17.4 Å². The molecule has 1 aromatic heterocycles. The van der Waals surface area contributed by atoms with Crippen molar-refractivity contribution in [1.82, 2.24) is 20.0 Å². The molecule has 166 valence electrons. The molecule has 31 heavy (non-hydrogen) atoms. The number of nitrogens with one attached hydrogen (secondary N) is 1. The summed E-state index contributed by atoms with van der Waals surface area (Å²) in [5.41, 5.74) is 3.18. The van der Waals surface area contributed by atoms with Gasteiger partial charge in [-0.05, 0) is 62.4 Å². The number of alkyl halides is 3. The van der Waals surface area contributed by atoms with Crippen LogP contribution < -0.4 is 5.32 Å². The van der Waals surface area contributed by atoms with Gasteiger partial charge in [0, 0.05) is 31.1 Å². The lowest BCUT2D eigenvalue weighted by Gasteiger charge is -2.25. The number of rotatable bonds is 3. The van der Waals surface area contributed by atoms with Crippen molar-refractivity contribution in [2.24, 2.45) is 0 Å². The molecule has 2 aliphatic carbocycles. The van der Waals surface area contributed by atoms with E-state index in [-0.39, 0.29) is 12.1 Å². The second-order valence-corrected chi connectivity index (χ2v) is 9.16. The number of fused-ring (bicyclic) bond motifs is 2. The number of ketones is 1. The molecule has 0 radical (unpaired) electrons. The highest BCUT2D eigenvalue weighted by atomic mass is 19.4. The average molecular weight is 432 g/mol. The van der Waals surface area contributed by atoms with Crippen LogP contribution in [0.1, 0.15) is 53.8 Å². The van der Waals surface area contributed by atoms with Crippen LogP contribution in [0.4, 0.5) is 13.2 Å². The van der Waals surface area contributed by atoms with Crippen LogP contribution in [0.2, 0.25) is 0 Å². The molecule has 1 aliphatic heterocycles. The minimum atomic E-state index is -4.45. The lowest BCUT2D eigenvalue weighted by atomic mass is 9.93. The van der Waals surface area contributed by atoms with E-state index in [0.717, 1.165) is 37.7 Å². The molecule has 1 fully saturated rings. The summed E-state index contributed by atoms with van der Waals surface area (Å²) < 4.78 is 42.3. The quantitative estimate of drug-likeness (QED) is 0.807. The number of Topliss-reactive ketones (excluding diaryl/α,β-unsaturated/α-hetero) is 1. The van der Waals surface area contributed by atoms with E-state index >= 15 is 0 Å². The average Bonchev–Trinajstić information content (AvgIpc) is 3.29. The number of likely N-dealkylation sites (N-methyl/N-ethyl adjacent to an activating group) is 1. The standard InChI is InChI=1S/C23H27F3N4O/c1-29-9-8-18-20(13-29)30(28-22(18)23(24,25)26)17-7-6-14-10-16(11-15(14)12-17)27-19-4-2-3-5-21(19)31/h6-7,12,16,19,27H,2-5,8-11,13H2,1H3/t16-,19?/m1/s1. The number of hydrogen-bond donors (Lipinski definition) is 1. The Bertz CT molecular complexity index is 1010. The van der Waals surface area contributed by atoms with E-state index < -0.39 is 11.9 Å². The van der Waals surface area contributed by atoms with Crippen LogP contribution in [0.25, 0.3) is 5.69 Å². The van der Waals surface area contributed by atoms with Crippen LogP contribution in [0, 0.1) is 0 Å². The molecule has 1 N–H and O–H groups in total. The van der Waals surface area contributed by atoms with E-state index in [1.165, 1.54) is 10.2 Å². The molecule has 0 bridgehead atoms. The summed E-state index contributed by atoms with van der Waals surface area (Å²) in [5, 5.41) is 7.55. The van der Waals surface area contributed by atoms with Gasteiger partial charge in [-0.3, -0.25) is 4.79 Å². The number of hydrogen-bond acceptors (Lipinski definition) is 4. The first-order chi connectivity index (χ1) is 14.8. The maximum Gasteiger partial charge on any atom is 0.435 e. The largest absolute Gasteiger partial charge is 0.435 e. The van der Waals surface area contributed by atoms with Crippen LogP contribution in [0.15, 0.2) is 18.2 Å². The Morgan fingerprint density at radius 3 is 2.71 bits per heavy atom. The predicted octanol–water partition coefficient (Wildman–Crippen LogP) is 3.45. The molecule has 3 aliphatic rings. The van der Waals surface area contributed by atoms with Crippen LogP contribution in [0.3, 0.4) is 0 Å². The van der Waals surface area contributed by atoms with Gasteiger partial charge in [-0.1, -0.05) is 12.5 Å². The third-order valence-corrected chi connectivity index (χ3v) is 6.88. The Morgan fingerprint density at radius 2 is 1.94 bits per heavy atom. The highest BCUT2D eigenvalue weighted by Crippen LogP contribution is 2.36. The molecular formula is C23H27F3N4O. The Morgan fingerprint density at radius 1 is 1.13 bits per heavy atom. The van der Waals surface area contributed by atoms with E-state index in [1.807, 2.05) is 30.1 Å². The van der Waals surface area contributed by atoms with E-state index in [9.17, 15) is 18.0 Å². The summed E-state index contributed by atoms with van der Waals surface area (Å²) in [4.78, 5) is 14.2. The molecule has 2 atom stereocenters. The van der Waals surface area contributed by atoms with Gasteiger partial charge in [-0.25, -0.2) is 4.68 Å². The summed E-state index contributed by atoms with van der Waals surface area (Å²) in [6, 6.07) is 5.98. The fourth-order valence-electron chi connectivity index (χ4n) is 5.29. The monoisotopic (exact) mass is 432 g/mol. The van der Waals surface area contributed by atoms with Crippen molar-refractivity contribution >= 4 is 5.78 Å². The summed E-state index contributed by atoms with van der Waals surface area (Å²) in [7, 11) is 1.92. The van der Waals surface area contributed by atoms with Crippen molar-refractivity contribution in [3.05, 3.63) is 46.3 Å². The van der Waals surface area contributed by atoms with E-state index in [1.54, 1.807) is 0 Å². The zero-order valence-corrected chi connectivity index (χ0v) is 17.6. The smallest absolute Gasteiger partial charge is 0.304 e. The Balaban J connectivity index is 1.42. The molecule has 2 heterocycles. The minimum Gasteiger partial charge on any atom is -0.304 e. The van der Waals surface area contributed by atoms with Gasteiger partial charge >= 0.3 is 6.18 Å². The first-order valence-electron chi connectivity index (χ1n) is 11.1. The van der Waals surface area contributed by atoms with Gasteiger partial charge in [-0.2, -0.15) is 18.3 Å². The van der Waals surface area contributed by atoms with Gasteiger partial charge in [0.25, 0.3) is 0 Å². The summed E-state index contributed by atoms with van der Waals surface area (Å²) in [6.07, 6.45) is 1.13.